The second-order valence-corrected chi connectivity index (χ2v) is 0.238. The van der Waals surface area contributed by atoms with Crippen LogP contribution >= 0.6 is 10.1 Å². The molecule has 0 unspecified atom stereocenters. The summed E-state index contributed by atoms with van der Waals surface area (Å²) in [5, 5.41) is 13.6. The summed E-state index contributed by atoms with van der Waals surface area (Å²) in [7, 11) is 4.39. The van der Waals surface area contributed by atoms with Crippen molar-refractivity contribution in [1.82, 2.24) is 0 Å². The van der Waals surface area contributed by atoms with E-state index in [0.717, 1.165) is 0 Å². The van der Waals surface area contributed by atoms with E-state index < -0.39 is 5.09 Å². The Bertz CT molecular complexity index is 37.9. The molecule has 0 radical (unpaired) electrons. The Morgan fingerprint density at radius 1 is 1.71 bits per heavy atom. The van der Waals surface area contributed by atoms with E-state index in [4.69, 9.17) is 15.3 Å². The van der Waals surface area contributed by atoms with Crippen molar-refractivity contribution in [3.05, 3.63) is 10.1 Å². The molecule has 7 heteroatoms. The normalized spacial score (nSPS) is 4.29. The molecule has 0 aromatic carbocycles. The molecule has 0 aliphatic rings. The Morgan fingerprint density at radius 2 is 1.71 bits per heavy atom. The van der Waals surface area contributed by atoms with E-state index in [2.05, 4.69) is 25.2 Å². The predicted octanol–water partition coefficient (Wildman–Crippen LogP) is -0.845. The summed E-state index contributed by atoms with van der Waals surface area (Å²) in [6.45, 7) is 0. The Hall–Kier alpha value is 0.542. The Balaban J connectivity index is -0.0000000480. The number of nitrogens with zero attached hydrogens (tertiary/aromatic N) is 1. The van der Waals surface area contributed by atoms with Crippen molar-refractivity contribution < 1.29 is 25.4 Å². The van der Waals surface area contributed by atoms with Crippen LogP contribution in [0.25, 0.3) is 0 Å². The van der Waals surface area contributed by atoms with Crippen LogP contribution in [0.5, 0.6) is 0 Å². The van der Waals surface area contributed by atoms with Crippen molar-refractivity contribution in [2.24, 2.45) is 0 Å². The average Bonchev–Trinajstić information content (AvgIpc) is 1.41. The Morgan fingerprint density at radius 3 is 1.71 bits per heavy atom. The number of hydrogen-bond acceptors (Lipinski definition) is 2. The molecule has 7 heavy (non-hydrogen) atoms. The minimum absolute atomic E-state index is 0. The first-order chi connectivity index (χ1) is 2.73. The van der Waals surface area contributed by atoms with Gasteiger partial charge in [0.25, 0.3) is 5.09 Å². The van der Waals surface area contributed by atoms with E-state index in [1.54, 1.807) is 0 Å². The number of halogens is 1. The maximum atomic E-state index is 8.36. The van der Waals surface area contributed by atoms with Gasteiger partial charge in [0.1, 0.15) is 0 Å². The number of rotatable bonds is 0. The second-order valence-electron chi connectivity index (χ2n) is 0.238. The molecule has 0 saturated carbocycles. The standard InChI is InChI=1S/Al.ClH.Fe.HNO3.3H/c;;;2-1(3)4;;;/h;1H;;(H,2,3,4);;;/q;;+1;;;;/p-1. The molecule has 0 heterocycles. The van der Waals surface area contributed by atoms with Gasteiger partial charge in [-0.2, -0.15) is 0 Å². The van der Waals surface area contributed by atoms with Gasteiger partial charge in [-0.1, -0.05) is 0 Å². The first-order valence-electron chi connectivity index (χ1n) is 0.699. The third kappa shape index (κ3) is 459. The Labute approximate surface area is 63.1 Å². The molecule has 0 rings (SSSR count). The second kappa shape index (κ2) is 16.0. The third-order valence-electron chi connectivity index (χ3n) is 0. The SMILES string of the molecule is O=[N+]([O-])O.[AlH3].[Cl][Fe]. The summed E-state index contributed by atoms with van der Waals surface area (Å²) >= 11 is 2.72. The van der Waals surface area contributed by atoms with Crippen molar-refractivity contribution in [2.75, 3.05) is 0 Å². The van der Waals surface area contributed by atoms with Crippen molar-refractivity contribution in [3.8, 4) is 0 Å². The van der Waals surface area contributed by atoms with Crippen LogP contribution in [0.3, 0.4) is 0 Å². The third-order valence-corrected chi connectivity index (χ3v) is 0. The molecular weight excluding hydrogens is 180 g/mol. The fraction of sp³-hybridized carbons (Fsp3) is 0. The van der Waals surface area contributed by atoms with Crippen LogP contribution in [0.4, 0.5) is 0 Å². The molecule has 0 aliphatic heterocycles. The van der Waals surface area contributed by atoms with Gasteiger partial charge in [0.15, 0.2) is 17.4 Å². The van der Waals surface area contributed by atoms with Crippen molar-refractivity contribution in [1.29, 1.82) is 0 Å². The van der Waals surface area contributed by atoms with E-state index >= 15 is 0 Å². The van der Waals surface area contributed by atoms with Crippen molar-refractivity contribution >= 4 is 27.5 Å². The molecule has 1 N–H and O–H groups in total. The van der Waals surface area contributed by atoms with E-state index in [1.807, 2.05) is 0 Å². The van der Waals surface area contributed by atoms with Crippen LogP contribution < -0.4 is 0 Å². The van der Waals surface area contributed by atoms with E-state index in [1.165, 1.54) is 0 Å². The van der Waals surface area contributed by atoms with Crippen LogP contribution in [-0.2, 0) is 15.1 Å². The zero-order valence-electron chi connectivity index (χ0n) is 2.44. The molecule has 0 aromatic heterocycles. The molecule has 0 bridgehead atoms. The van der Waals surface area contributed by atoms with Gasteiger partial charge < -0.3 is 5.21 Å². The molecule has 0 aliphatic carbocycles. The maximum absolute atomic E-state index is 8.36. The Kier molecular flexibility index (Phi) is 35.8. The average molecular weight is 184 g/mol. The zero-order valence-corrected chi connectivity index (χ0v) is 4.30. The van der Waals surface area contributed by atoms with Crippen LogP contribution in [0.1, 0.15) is 0 Å². The molecule has 0 fully saturated rings. The van der Waals surface area contributed by atoms with Gasteiger partial charge in [0, 0.05) is 0 Å². The summed E-state index contributed by atoms with van der Waals surface area (Å²) in [5.41, 5.74) is 0. The monoisotopic (exact) mass is 184 g/mol. The summed E-state index contributed by atoms with van der Waals surface area (Å²) < 4.78 is 0. The summed E-state index contributed by atoms with van der Waals surface area (Å²) in [6.07, 6.45) is 0. The fourth-order valence-electron chi connectivity index (χ4n) is 0. The minimum atomic E-state index is -1.50. The van der Waals surface area contributed by atoms with Crippen LogP contribution in [0, 0.1) is 10.1 Å². The first-order valence-corrected chi connectivity index (χ1v) is 2.22. The molecule has 45 valence electrons. The molecule has 0 atom stereocenters. The van der Waals surface area contributed by atoms with Crippen LogP contribution in [-0.4, -0.2) is 27.7 Å². The van der Waals surface area contributed by atoms with Gasteiger partial charge in [0.05, 0.1) is 0 Å². The van der Waals surface area contributed by atoms with E-state index in [9.17, 15) is 0 Å². The van der Waals surface area contributed by atoms with Crippen LogP contribution in [0.2, 0.25) is 0 Å². The fourth-order valence-corrected chi connectivity index (χ4v) is 0. The zero-order chi connectivity index (χ0) is 5.58. The van der Waals surface area contributed by atoms with Gasteiger partial charge in [-0.05, 0) is 0 Å². The predicted molar refractivity (Wildman–Crippen MR) is 24.6 cm³/mol. The molecule has 0 amide bonds. The van der Waals surface area contributed by atoms with Crippen molar-refractivity contribution in [3.63, 3.8) is 0 Å². The topological polar surface area (TPSA) is 63.4 Å². The molecule has 0 saturated heterocycles. The van der Waals surface area contributed by atoms with E-state index in [0.29, 0.717) is 0 Å². The summed E-state index contributed by atoms with van der Waals surface area (Å²) in [4.78, 5) is 8.36. The molecule has 0 aromatic rings. The first kappa shape index (κ1) is 15.6. The molecular formula is H4AlClFeNO3. The van der Waals surface area contributed by atoms with Crippen LogP contribution in [0.15, 0.2) is 0 Å². The van der Waals surface area contributed by atoms with E-state index in [-0.39, 0.29) is 17.4 Å². The summed E-state index contributed by atoms with van der Waals surface area (Å²) in [5.74, 6) is 0. The van der Waals surface area contributed by atoms with Gasteiger partial charge in [0.2, 0.25) is 0 Å². The van der Waals surface area contributed by atoms with Crippen molar-refractivity contribution in [2.45, 2.75) is 0 Å². The molecule has 0 spiro atoms. The van der Waals surface area contributed by atoms with Gasteiger partial charge in [-0.3, -0.25) is 0 Å². The molecule has 4 nitrogen and oxygen atoms in total. The number of hydrogen-bond donors (Lipinski definition) is 1. The quantitative estimate of drug-likeness (QED) is 0.303. The summed E-state index contributed by atoms with van der Waals surface area (Å²) in [6, 6.07) is 0. The van der Waals surface area contributed by atoms with Gasteiger partial charge >= 0.3 is 25.2 Å². The van der Waals surface area contributed by atoms with Gasteiger partial charge in [-0.25, -0.2) is 0 Å². The van der Waals surface area contributed by atoms with Gasteiger partial charge in [-0.15, -0.1) is 10.1 Å².